The first-order valence-corrected chi connectivity index (χ1v) is 6.58. The van der Waals surface area contributed by atoms with Gasteiger partial charge in [-0.15, -0.1) is 0 Å². The van der Waals surface area contributed by atoms with Crippen molar-refractivity contribution in [3.05, 3.63) is 0 Å². The summed E-state index contributed by atoms with van der Waals surface area (Å²) in [4.78, 5) is 23.6. The first kappa shape index (κ1) is 11.6. The fraction of sp³-hybridized carbons (Fsp3) is 0.800. The SMILES string of the molecule is O=C(O)[C@H]1CN(CC2CCCSC2)C(=O)O1. The van der Waals surface area contributed by atoms with E-state index in [1.165, 1.54) is 17.1 Å². The van der Waals surface area contributed by atoms with Gasteiger partial charge >= 0.3 is 12.1 Å². The molecule has 16 heavy (non-hydrogen) atoms. The van der Waals surface area contributed by atoms with Crippen LogP contribution in [0.3, 0.4) is 0 Å². The molecule has 0 bridgehead atoms. The van der Waals surface area contributed by atoms with Gasteiger partial charge in [0.1, 0.15) is 0 Å². The molecule has 2 rings (SSSR count). The fourth-order valence-corrected chi connectivity index (χ4v) is 3.19. The van der Waals surface area contributed by atoms with Gasteiger partial charge in [-0.05, 0) is 30.3 Å². The molecular formula is C10H15NO4S. The predicted molar refractivity (Wildman–Crippen MR) is 59.5 cm³/mol. The molecule has 0 aliphatic carbocycles. The molecule has 2 atom stereocenters. The summed E-state index contributed by atoms with van der Waals surface area (Å²) in [7, 11) is 0. The van der Waals surface area contributed by atoms with Crippen LogP contribution in [0.2, 0.25) is 0 Å². The molecule has 1 amide bonds. The van der Waals surface area contributed by atoms with Crippen LogP contribution in [0, 0.1) is 5.92 Å². The van der Waals surface area contributed by atoms with Gasteiger partial charge in [-0.2, -0.15) is 11.8 Å². The van der Waals surface area contributed by atoms with Crippen LogP contribution < -0.4 is 0 Å². The van der Waals surface area contributed by atoms with E-state index < -0.39 is 18.2 Å². The number of amides is 1. The van der Waals surface area contributed by atoms with Gasteiger partial charge in [0.2, 0.25) is 6.10 Å². The highest BCUT2D eigenvalue weighted by molar-refractivity contribution is 7.99. The Hall–Kier alpha value is -0.910. The summed E-state index contributed by atoms with van der Waals surface area (Å²) in [5, 5.41) is 8.75. The molecule has 6 heteroatoms. The maximum atomic E-state index is 11.4. The number of carbonyl (C=O) groups excluding carboxylic acids is 1. The maximum Gasteiger partial charge on any atom is 0.410 e. The zero-order chi connectivity index (χ0) is 11.5. The average molecular weight is 245 g/mol. The third kappa shape index (κ3) is 2.61. The van der Waals surface area contributed by atoms with Crippen LogP contribution in [0.25, 0.3) is 0 Å². The topological polar surface area (TPSA) is 66.8 Å². The van der Waals surface area contributed by atoms with Crippen molar-refractivity contribution in [3.63, 3.8) is 0 Å². The number of carboxylic acids is 1. The van der Waals surface area contributed by atoms with Crippen LogP contribution in [0.15, 0.2) is 0 Å². The molecule has 2 heterocycles. The van der Waals surface area contributed by atoms with Gasteiger partial charge in [-0.1, -0.05) is 0 Å². The Balaban J connectivity index is 1.85. The van der Waals surface area contributed by atoms with E-state index >= 15 is 0 Å². The van der Waals surface area contributed by atoms with Crippen LogP contribution in [0.1, 0.15) is 12.8 Å². The molecule has 5 nitrogen and oxygen atoms in total. The largest absolute Gasteiger partial charge is 0.478 e. The van der Waals surface area contributed by atoms with E-state index in [9.17, 15) is 9.59 Å². The van der Waals surface area contributed by atoms with Crippen molar-refractivity contribution in [3.8, 4) is 0 Å². The normalized spacial score (nSPS) is 30.2. The molecule has 0 radical (unpaired) electrons. The van der Waals surface area contributed by atoms with Gasteiger partial charge in [0.15, 0.2) is 0 Å². The van der Waals surface area contributed by atoms with Gasteiger partial charge < -0.3 is 14.7 Å². The molecule has 0 aromatic rings. The van der Waals surface area contributed by atoms with Crippen LogP contribution in [-0.2, 0) is 9.53 Å². The third-order valence-corrected chi connectivity index (χ3v) is 4.18. The van der Waals surface area contributed by atoms with E-state index in [4.69, 9.17) is 9.84 Å². The molecule has 90 valence electrons. The van der Waals surface area contributed by atoms with Crippen molar-refractivity contribution in [2.24, 2.45) is 5.92 Å². The smallest absolute Gasteiger partial charge is 0.410 e. The molecular weight excluding hydrogens is 230 g/mol. The quantitative estimate of drug-likeness (QED) is 0.804. The highest BCUT2D eigenvalue weighted by Gasteiger charge is 2.37. The second-order valence-electron chi connectivity index (χ2n) is 4.20. The van der Waals surface area contributed by atoms with Crippen LogP contribution in [0.5, 0.6) is 0 Å². The second kappa shape index (κ2) is 4.95. The van der Waals surface area contributed by atoms with E-state index in [1.807, 2.05) is 11.8 Å². The lowest BCUT2D eigenvalue weighted by Crippen LogP contribution is -2.34. The summed E-state index contributed by atoms with van der Waals surface area (Å²) >= 11 is 1.90. The van der Waals surface area contributed by atoms with Crippen molar-refractivity contribution in [1.29, 1.82) is 0 Å². The number of nitrogens with zero attached hydrogens (tertiary/aromatic N) is 1. The van der Waals surface area contributed by atoms with E-state index in [-0.39, 0.29) is 6.54 Å². The van der Waals surface area contributed by atoms with Crippen molar-refractivity contribution in [2.45, 2.75) is 18.9 Å². The summed E-state index contributed by atoms with van der Waals surface area (Å²) in [6, 6.07) is 0. The molecule has 0 aromatic heterocycles. The number of cyclic esters (lactones) is 1. The monoisotopic (exact) mass is 245 g/mol. The minimum atomic E-state index is -1.06. The molecule has 1 N–H and O–H groups in total. The Morgan fingerprint density at radius 3 is 3.00 bits per heavy atom. The third-order valence-electron chi connectivity index (χ3n) is 2.90. The van der Waals surface area contributed by atoms with Crippen LogP contribution >= 0.6 is 11.8 Å². The average Bonchev–Trinajstić information content (AvgIpc) is 2.62. The number of carboxylic acid groups (broad SMARTS) is 1. The Morgan fingerprint density at radius 1 is 1.62 bits per heavy atom. The van der Waals surface area contributed by atoms with E-state index in [2.05, 4.69) is 0 Å². The number of rotatable bonds is 3. The van der Waals surface area contributed by atoms with Gasteiger partial charge in [-0.25, -0.2) is 9.59 Å². The van der Waals surface area contributed by atoms with Crippen molar-refractivity contribution in [2.75, 3.05) is 24.6 Å². The number of ether oxygens (including phenoxy) is 1. The predicted octanol–water partition coefficient (Wildman–Crippen LogP) is 1.04. The summed E-state index contributed by atoms with van der Waals surface area (Å²) in [5.74, 6) is 1.67. The number of thioether (sulfide) groups is 1. The maximum absolute atomic E-state index is 11.4. The molecule has 1 unspecified atom stereocenters. The molecule has 2 fully saturated rings. The van der Waals surface area contributed by atoms with Crippen LogP contribution in [-0.4, -0.2) is 52.8 Å². The molecule has 2 aliphatic heterocycles. The van der Waals surface area contributed by atoms with Crippen molar-refractivity contribution >= 4 is 23.8 Å². The standard InChI is InChI=1S/C10H15NO4S/c12-9(13)8-5-11(10(14)15-8)4-7-2-1-3-16-6-7/h7-8H,1-6H2,(H,12,13)/t7?,8-/m1/s1. The molecule has 2 saturated heterocycles. The molecule has 2 aliphatic rings. The fourth-order valence-electron chi connectivity index (χ4n) is 2.05. The van der Waals surface area contributed by atoms with Gasteiger partial charge in [-0.3, -0.25) is 0 Å². The van der Waals surface area contributed by atoms with Crippen molar-refractivity contribution in [1.82, 2.24) is 4.90 Å². The number of hydrogen-bond donors (Lipinski definition) is 1. The van der Waals surface area contributed by atoms with Gasteiger partial charge in [0.05, 0.1) is 6.54 Å². The van der Waals surface area contributed by atoms with E-state index in [0.29, 0.717) is 12.5 Å². The molecule has 0 saturated carbocycles. The zero-order valence-corrected chi connectivity index (χ0v) is 9.74. The lowest BCUT2D eigenvalue weighted by atomic mass is 10.1. The Labute approximate surface area is 98.1 Å². The van der Waals surface area contributed by atoms with Crippen LogP contribution in [0.4, 0.5) is 4.79 Å². The van der Waals surface area contributed by atoms with Gasteiger partial charge in [0.25, 0.3) is 0 Å². The number of carbonyl (C=O) groups is 2. The summed E-state index contributed by atoms with van der Waals surface area (Å²) in [6.45, 7) is 0.824. The molecule has 0 spiro atoms. The van der Waals surface area contributed by atoms with Crippen molar-refractivity contribution < 1.29 is 19.4 Å². The first-order valence-electron chi connectivity index (χ1n) is 5.43. The summed E-state index contributed by atoms with van der Waals surface area (Å²) < 4.78 is 4.76. The van der Waals surface area contributed by atoms with E-state index in [1.54, 1.807) is 0 Å². The minimum absolute atomic E-state index is 0.190. The highest BCUT2D eigenvalue weighted by atomic mass is 32.2. The minimum Gasteiger partial charge on any atom is -0.478 e. The second-order valence-corrected chi connectivity index (χ2v) is 5.35. The Bertz CT molecular complexity index is 291. The first-order chi connectivity index (χ1) is 7.66. The zero-order valence-electron chi connectivity index (χ0n) is 8.92. The summed E-state index contributed by atoms with van der Waals surface area (Å²) in [5.41, 5.74) is 0. The lowest BCUT2D eigenvalue weighted by Gasteiger charge is -2.24. The van der Waals surface area contributed by atoms with E-state index in [0.717, 1.165) is 12.2 Å². The lowest BCUT2D eigenvalue weighted by molar-refractivity contribution is -0.144. The van der Waals surface area contributed by atoms with Gasteiger partial charge in [0, 0.05) is 6.54 Å². The Kier molecular flexibility index (Phi) is 3.58. The molecule has 0 aromatic carbocycles. The number of hydrogen-bond acceptors (Lipinski definition) is 4. The Morgan fingerprint density at radius 2 is 2.44 bits per heavy atom. The number of aliphatic carboxylic acids is 1. The highest BCUT2D eigenvalue weighted by Crippen LogP contribution is 2.25. The summed E-state index contributed by atoms with van der Waals surface area (Å²) in [6.07, 6.45) is 0.835.